The highest BCUT2D eigenvalue weighted by atomic mass is 14.9. The molecule has 2 atom stereocenters. The second-order valence-electron chi connectivity index (χ2n) is 8.31. The van der Waals surface area contributed by atoms with Crippen LogP contribution in [-0.4, -0.2) is 13.1 Å². The molecule has 0 spiro atoms. The molecule has 1 aliphatic heterocycles. The molecule has 1 heterocycles. The second kappa shape index (κ2) is 5.73. The van der Waals surface area contributed by atoms with Crippen molar-refractivity contribution in [2.75, 3.05) is 13.1 Å². The minimum atomic E-state index is 0.456. The van der Waals surface area contributed by atoms with Crippen molar-refractivity contribution in [1.82, 2.24) is 5.32 Å². The van der Waals surface area contributed by atoms with Gasteiger partial charge in [0, 0.05) is 0 Å². The molecule has 0 aromatic heterocycles. The second-order valence-corrected chi connectivity index (χ2v) is 8.31. The number of hydrogen-bond acceptors (Lipinski definition) is 1. The van der Waals surface area contributed by atoms with E-state index < -0.39 is 0 Å². The van der Waals surface area contributed by atoms with Gasteiger partial charge < -0.3 is 5.32 Å². The molecule has 102 valence electrons. The molecule has 0 radical (unpaired) electrons. The normalized spacial score (nSPS) is 24.0. The third-order valence-corrected chi connectivity index (χ3v) is 3.81. The van der Waals surface area contributed by atoms with Crippen molar-refractivity contribution in [3.63, 3.8) is 0 Å². The molecule has 1 rings (SSSR count). The van der Waals surface area contributed by atoms with E-state index in [0.717, 1.165) is 11.8 Å². The Morgan fingerprint density at radius 2 is 1.82 bits per heavy atom. The Bertz CT molecular complexity index is 218. The van der Waals surface area contributed by atoms with E-state index in [1.165, 1.54) is 38.8 Å². The van der Waals surface area contributed by atoms with Crippen molar-refractivity contribution < 1.29 is 0 Å². The Morgan fingerprint density at radius 1 is 1.18 bits per heavy atom. The van der Waals surface area contributed by atoms with Crippen LogP contribution in [0.1, 0.15) is 67.2 Å². The van der Waals surface area contributed by atoms with Crippen LogP contribution in [0.3, 0.4) is 0 Å². The predicted molar refractivity (Wildman–Crippen MR) is 77.2 cm³/mol. The highest BCUT2D eigenvalue weighted by Crippen LogP contribution is 2.39. The van der Waals surface area contributed by atoms with Gasteiger partial charge in [-0.15, -0.1) is 0 Å². The first kappa shape index (κ1) is 15.0. The van der Waals surface area contributed by atoms with Gasteiger partial charge in [-0.05, 0) is 61.4 Å². The number of rotatable bonds is 5. The summed E-state index contributed by atoms with van der Waals surface area (Å²) in [7, 11) is 0. The zero-order chi connectivity index (χ0) is 13.1. The predicted octanol–water partition coefficient (Wildman–Crippen LogP) is 4.47. The fourth-order valence-corrected chi connectivity index (χ4v) is 4.02. The highest BCUT2D eigenvalue weighted by Gasteiger charge is 2.28. The lowest BCUT2D eigenvalue weighted by molar-refractivity contribution is 0.166. The molecule has 1 nitrogen and oxygen atoms in total. The lowest BCUT2D eigenvalue weighted by Crippen LogP contribution is -2.24. The third kappa shape index (κ3) is 6.45. The third-order valence-electron chi connectivity index (χ3n) is 3.81. The zero-order valence-electron chi connectivity index (χ0n) is 12.9. The molecule has 0 bridgehead atoms. The van der Waals surface area contributed by atoms with E-state index >= 15 is 0 Å². The Labute approximate surface area is 109 Å². The van der Waals surface area contributed by atoms with Crippen molar-refractivity contribution in [1.29, 1.82) is 0 Å². The minimum Gasteiger partial charge on any atom is -0.316 e. The average Bonchev–Trinajstić information content (AvgIpc) is 2.49. The van der Waals surface area contributed by atoms with Gasteiger partial charge in [0.05, 0.1) is 0 Å². The molecule has 0 aromatic carbocycles. The monoisotopic (exact) mass is 239 g/mol. The quantitative estimate of drug-likeness (QED) is 0.746. The van der Waals surface area contributed by atoms with E-state index in [0.29, 0.717) is 10.8 Å². The largest absolute Gasteiger partial charge is 0.316 e. The van der Waals surface area contributed by atoms with Gasteiger partial charge in [0.2, 0.25) is 0 Å². The molecule has 0 saturated carbocycles. The van der Waals surface area contributed by atoms with E-state index in [4.69, 9.17) is 0 Å². The Balaban J connectivity index is 2.35. The lowest BCUT2D eigenvalue weighted by atomic mass is 9.71. The molecule has 0 aromatic rings. The molecule has 17 heavy (non-hydrogen) atoms. The van der Waals surface area contributed by atoms with Crippen LogP contribution in [0.25, 0.3) is 0 Å². The summed E-state index contributed by atoms with van der Waals surface area (Å²) in [5, 5.41) is 3.48. The Hall–Kier alpha value is -0.0400. The van der Waals surface area contributed by atoms with Crippen LogP contribution in [0.4, 0.5) is 0 Å². The van der Waals surface area contributed by atoms with Gasteiger partial charge in [-0.2, -0.15) is 0 Å². The van der Waals surface area contributed by atoms with Crippen molar-refractivity contribution in [3.8, 4) is 0 Å². The van der Waals surface area contributed by atoms with Gasteiger partial charge >= 0.3 is 0 Å². The van der Waals surface area contributed by atoms with Gasteiger partial charge in [0.15, 0.2) is 0 Å². The van der Waals surface area contributed by atoms with Gasteiger partial charge in [-0.1, -0.05) is 41.5 Å². The van der Waals surface area contributed by atoms with Gasteiger partial charge in [-0.3, -0.25) is 0 Å². The first-order valence-corrected chi connectivity index (χ1v) is 7.39. The summed E-state index contributed by atoms with van der Waals surface area (Å²) in [6.45, 7) is 16.9. The molecule has 1 saturated heterocycles. The fraction of sp³-hybridized carbons (Fsp3) is 1.00. The molecule has 1 aliphatic rings. The summed E-state index contributed by atoms with van der Waals surface area (Å²) in [6, 6.07) is 0. The van der Waals surface area contributed by atoms with E-state index in [1.807, 2.05) is 0 Å². The Kier molecular flexibility index (Phi) is 5.07. The van der Waals surface area contributed by atoms with Crippen LogP contribution in [-0.2, 0) is 0 Å². The minimum absolute atomic E-state index is 0.456. The molecule has 1 fully saturated rings. The molecular formula is C16H33N. The van der Waals surface area contributed by atoms with Crippen LogP contribution in [0.2, 0.25) is 0 Å². The van der Waals surface area contributed by atoms with Gasteiger partial charge in [0.1, 0.15) is 0 Å². The molecule has 0 aliphatic carbocycles. The molecule has 2 unspecified atom stereocenters. The summed E-state index contributed by atoms with van der Waals surface area (Å²) in [5.41, 5.74) is 0.946. The van der Waals surface area contributed by atoms with Crippen molar-refractivity contribution in [2.45, 2.75) is 67.2 Å². The first-order chi connectivity index (χ1) is 7.68. The van der Waals surface area contributed by atoms with Crippen molar-refractivity contribution >= 4 is 0 Å². The maximum atomic E-state index is 3.48. The summed E-state index contributed by atoms with van der Waals surface area (Å²) < 4.78 is 0. The summed E-state index contributed by atoms with van der Waals surface area (Å²) in [4.78, 5) is 0. The summed E-state index contributed by atoms with van der Waals surface area (Å²) >= 11 is 0. The smallest absolute Gasteiger partial charge is 0.00199 e. The highest BCUT2D eigenvalue weighted by molar-refractivity contribution is 4.80. The fourth-order valence-electron chi connectivity index (χ4n) is 4.02. The molecule has 0 amide bonds. The van der Waals surface area contributed by atoms with Gasteiger partial charge in [0.25, 0.3) is 0 Å². The van der Waals surface area contributed by atoms with Crippen LogP contribution >= 0.6 is 0 Å². The summed E-state index contributed by atoms with van der Waals surface area (Å²) in [6.07, 6.45) is 5.51. The zero-order valence-corrected chi connectivity index (χ0v) is 12.9. The SMILES string of the molecule is CC(CC1CCNC1)CC(C)(C)CC(C)(C)C. The van der Waals surface area contributed by atoms with E-state index in [1.54, 1.807) is 0 Å². The Morgan fingerprint density at radius 3 is 2.29 bits per heavy atom. The first-order valence-electron chi connectivity index (χ1n) is 7.39. The van der Waals surface area contributed by atoms with Crippen LogP contribution in [0.5, 0.6) is 0 Å². The van der Waals surface area contributed by atoms with Crippen LogP contribution in [0.15, 0.2) is 0 Å². The van der Waals surface area contributed by atoms with Crippen LogP contribution < -0.4 is 5.32 Å². The standard InChI is InChI=1S/C16H33N/c1-13(9-14-7-8-17-11-14)10-16(5,6)12-15(2,3)4/h13-14,17H,7-12H2,1-6H3. The van der Waals surface area contributed by atoms with Gasteiger partial charge in [-0.25, -0.2) is 0 Å². The molecule has 1 heteroatoms. The maximum Gasteiger partial charge on any atom is -0.00199 e. The van der Waals surface area contributed by atoms with Crippen molar-refractivity contribution in [3.05, 3.63) is 0 Å². The van der Waals surface area contributed by atoms with E-state index in [2.05, 4.69) is 46.9 Å². The summed E-state index contributed by atoms with van der Waals surface area (Å²) in [5.74, 6) is 1.81. The molecule has 1 N–H and O–H groups in total. The molecular weight excluding hydrogens is 206 g/mol. The number of nitrogens with one attached hydrogen (secondary N) is 1. The van der Waals surface area contributed by atoms with E-state index in [-0.39, 0.29) is 0 Å². The maximum absolute atomic E-state index is 3.48. The lowest BCUT2D eigenvalue weighted by Gasteiger charge is -2.35. The average molecular weight is 239 g/mol. The number of hydrogen-bond donors (Lipinski definition) is 1. The van der Waals surface area contributed by atoms with E-state index in [9.17, 15) is 0 Å². The van der Waals surface area contributed by atoms with Crippen molar-refractivity contribution in [2.24, 2.45) is 22.7 Å². The topological polar surface area (TPSA) is 12.0 Å². The van der Waals surface area contributed by atoms with Crippen LogP contribution in [0, 0.1) is 22.7 Å².